The lowest BCUT2D eigenvalue weighted by Crippen LogP contribution is -2.05. The highest BCUT2D eigenvalue weighted by molar-refractivity contribution is 5.50. The predicted molar refractivity (Wildman–Crippen MR) is 69.0 cm³/mol. The summed E-state index contributed by atoms with van der Waals surface area (Å²) >= 11 is 0. The van der Waals surface area contributed by atoms with Crippen molar-refractivity contribution in [3.8, 4) is 11.6 Å². The van der Waals surface area contributed by atoms with Crippen LogP contribution in [0, 0.1) is 29.8 Å². The Bertz CT molecular complexity index is 691. The number of nitrogen functional groups attached to an aromatic ring is 1. The molecule has 2 aromatic rings. The third-order valence-corrected chi connectivity index (χ3v) is 2.58. The van der Waals surface area contributed by atoms with Crippen molar-refractivity contribution in [3.05, 3.63) is 45.4 Å². The fourth-order valence-corrected chi connectivity index (χ4v) is 1.63. The van der Waals surface area contributed by atoms with E-state index < -0.39 is 16.4 Å². The summed E-state index contributed by atoms with van der Waals surface area (Å²) in [6, 6.07) is 3.87. The quantitative estimate of drug-likeness (QED) is 0.683. The van der Waals surface area contributed by atoms with Gasteiger partial charge < -0.3 is 10.5 Å². The molecule has 0 aliphatic rings. The van der Waals surface area contributed by atoms with Gasteiger partial charge in [-0.25, -0.2) is 9.37 Å². The first-order valence-electron chi connectivity index (χ1n) is 5.61. The van der Waals surface area contributed by atoms with Crippen LogP contribution in [0.3, 0.4) is 0 Å². The molecular weight excluding hydrogens is 267 g/mol. The smallest absolute Gasteiger partial charge is 0.352 e. The Balaban J connectivity index is 2.53. The number of nitro groups is 1. The van der Waals surface area contributed by atoms with Crippen molar-refractivity contribution in [2.75, 3.05) is 5.73 Å². The van der Waals surface area contributed by atoms with Crippen LogP contribution in [0.15, 0.2) is 18.2 Å². The zero-order valence-corrected chi connectivity index (χ0v) is 10.8. The normalized spacial score (nSPS) is 10.3. The fraction of sp³-hybridized carbons (Fsp3) is 0.167. The average Bonchev–Trinajstić information content (AvgIpc) is 2.32. The molecule has 0 radical (unpaired) electrons. The third-order valence-electron chi connectivity index (χ3n) is 2.58. The Morgan fingerprint density at radius 3 is 2.70 bits per heavy atom. The molecule has 0 fully saturated rings. The van der Waals surface area contributed by atoms with E-state index in [1.54, 1.807) is 6.92 Å². The van der Waals surface area contributed by atoms with E-state index in [0.29, 0.717) is 5.56 Å². The van der Waals surface area contributed by atoms with E-state index in [1.165, 1.54) is 19.1 Å². The largest absolute Gasteiger partial charge is 0.433 e. The van der Waals surface area contributed by atoms with Crippen LogP contribution in [-0.2, 0) is 0 Å². The van der Waals surface area contributed by atoms with Gasteiger partial charge in [0.2, 0.25) is 5.95 Å². The molecule has 20 heavy (non-hydrogen) atoms. The van der Waals surface area contributed by atoms with Crippen LogP contribution in [0.5, 0.6) is 11.6 Å². The molecule has 0 atom stereocenters. The van der Waals surface area contributed by atoms with Gasteiger partial charge in [0, 0.05) is 6.07 Å². The zero-order chi connectivity index (χ0) is 14.9. The second-order valence-corrected chi connectivity index (χ2v) is 4.09. The molecule has 8 heteroatoms. The molecule has 0 aliphatic carbocycles. The Hall–Kier alpha value is -2.77. The summed E-state index contributed by atoms with van der Waals surface area (Å²) in [6.45, 7) is 3.10. The molecule has 1 aromatic heterocycles. The van der Waals surface area contributed by atoms with Gasteiger partial charge in [-0.05, 0) is 25.5 Å². The summed E-state index contributed by atoms with van der Waals surface area (Å²) in [5, 5.41) is 11.0. The minimum atomic E-state index is -0.668. The van der Waals surface area contributed by atoms with Gasteiger partial charge in [0.1, 0.15) is 17.3 Å². The zero-order valence-electron chi connectivity index (χ0n) is 10.8. The lowest BCUT2D eigenvalue weighted by atomic mass is 10.2. The number of aromatic nitrogens is 2. The summed E-state index contributed by atoms with van der Waals surface area (Å²) in [5.74, 6) is -0.858. The molecule has 1 aromatic carbocycles. The molecule has 1 heterocycles. The van der Waals surface area contributed by atoms with Gasteiger partial charge in [-0.3, -0.25) is 10.1 Å². The van der Waals surface area contributed by atoms with E-state index in [1.807, 2.05) is 0 Å². The number of benzene rings is 1. The lowest BCUT2D eigenvalue weighted by Gasteiger charge is -2.09. The van der Waals surface area contributed by atoms with E-state index >= 15 is 0 Å². The van der Waals surface area contributed by atoms with Crippen LogP contribution in [-0.4, -0.2) is 14.9 Å². The standard InChI is InChI=1S/C12H11FN4O3/c1-6-3-4-8(13)5-9(6)20-11-10(17(18)19)7(2)15-12(14)16-11/h3-5H,1-2H3,(H2,14,15,16). The molecular formula is C12H11FN4O3. The molecule has 0 amide bonds. The Labute approximate surface area is 113 Å². The topological polar surface area (TPSA) is 104 Å². The number of nitrogens with zero attached hydrogens (tertiary/aromatic N) is 3. The number of ether oxygens (including phenoxy) is 1. The third kappa shape index (κ3) is 2.63. The van der Waals surface area contributed by atoms with Gasteiger partial charge in [-0.1, -0.05) is 6.07 Å². The monoisotopic (exact) mass is 278 g/mol. The van der Waals surface area contributed by atoms with Gasteiger partial charge in [-0.2, -0.15) is 4.98 Å². The highest BCUT2D eigenvalue weighted by atomic mass is 19.1. The number of anilines is 1. The van der Waals surface area contributed by atoms with Crippen molar-refractivity contribution in [3.63, 3.8) is 0 Å². The maximum Gasteiger partial charge on any atom is 0.352 e. The molecule has 0 bridgehead atoms. The van der Waals surface area contributed by atoms with E-state index in [4.69, 9.17) is 10.5 Å². The summed E-state index contributed by atoms with van der Waals surface area (Å²) in [4.78, 5) is 17.8. The van der Waals surface area contributed by atoms with Gasteiger partial charge in [0.05, 0.1) is 4.92 Å². The van der Waals surface area contributed by atoms with Crippen LogP contribution < -0.4 is 10.5 Å². The van der Waals surface area contributed by atoms with Crippen molar-refractivity contribution in [1.29, 1.82) is 0 Å². The van der Waals surface area contributed by atoms with Crippen molar-refractivity contribution in [2.45, 2.75) is 13.8 Å². The van der Waals surface area contributed by atoms with E-state index in [-0.39, 0.29) is 23.3 Å². The summed E-state index contributed by atoms with van der Waals surface area (Å²) in [6.07, 6.45) is 0. The van der Waals surface area contributed by atoms with E-state index in [2.05, 4.69) is 9.97 Å². The molecule has 7 nitrogen and oxygen atoms in total. The lowest BCUT2D eigenvalue weighted by molar-refractivity contribution is -0.386. The van der Waals surface area contributed by atoms with Crippen LogP contribution in [0.1, 0.15) is 11.3 Å². The molecule has 104 valence electrons. The second-order valence-electron chi connectivity index (χ2n) is 4.09. The van der Waals surface area contributed by atoms with Crippen LogP contribution >= 0.6 is 0 Å². The molecule has 0 saturated heterocycles. The number of aryl methyl sites for hydroxylation is 2. The van der Waals surface area contributed by atoms with E-state index in [9.17, 15) is 14.5 Å². The number of rotatable bonds is 3. The summed E-state index contributed by atoms with van der Waals surface area (Å²) < 4.78 is 18.5. The number of nitrogens with two attached hydrogens (primary N) is 1. The highest BCUT2D eigenvalue weighted by Gasteiger charge is 2.24. The maximum absolute atomic E-state index is 13.2. The van der Waals surface area contributed by atoms with Crippen molar-refractivity contribution < 1.29 is 14.1 Å². The van der Waals surface area contributed by atoms with E-state index in [0.717, 1.165) is 6.07 Å². The van der Waals surface area contributed by atoms with Gasteiger partial charge in [0.15, 0.2) is 0 Å². The molecule has 0 aliphatic heterocycles. The van der Waals surface area contributed by atoms with Crippen molar-refractivity contribution in [2.24, 2.45) is 0 Å². The Morgan fingerprint density at radius 2 is 2.05 bits per heavy atom. The predicted octanol–water partition coefficient (Wildman–Crippen LogP) is 2.52. The van der Waals surface area contributed by atoms with Gasteiger partial charge >= 0.3 is 11.6 Å². The first-order valence-corrected chi connectivity index (χ1v) is 5.61. The first-order chi connectivity index (χ1) is 9.38. The van der Waals surface area contributed by atoms with Crippen molar-refractivity contribution >= 4 is 11.6 Å². The minimum Gasteiger partial charge on any atom is -0.433 e. The van der Waals surface area contributed by atoms with Crippen molar-refractivity contribution in [1.82, 2.24) is 9.97 Å². The number of halogens is 1. The fourth-order valence-electron chi connectivity index (χ4n) is 1.63. The second kappa shape index (κ2) is 5.08. The number of hydrogen-bond donors (Lipinski definition) is 1. The number of hydrogen-bond acceptors (Lipinski definition) is 6. The average molecular weight is 278 g/mol. The summed E-state index contributed by atoms with van der Waals surface area (Å²) in [5.41, 5.74) is 5.73. The van der Waals surface area contributed by atoms with Crippen LogP contribution in [0.2, 0.25) is 0 Å². The maximum atomic E-state index is 13.2. The molecule has 0 saturated carbocycles. The molecule has 0 unspecified atom stereocenters. The molecule has 2 rings (SSSR count). The first kappa shape index (κ1) is 13.7. The van der Waals surface area contributed by atoms with Gasteiger partial charge in [0.25, 0.3) is 0 Å². The minimum absolute atomic E-state index is 0.0755. The molecule has 0 spiro atoms. The van der Waals surface area contributed by atoms with Crippen LogP contribution in [0.4, 0.5) is 16.0 Å². The summed E-state index contributed by atoms with van der Waals surface area (Å²) in [7, 11) is 0. The van der Waals surface area contributed by atoms with Gasteiger partial charge in [-0.15, -0.1) is 0 Å². The Kier molecular flexibility index (Phi) is 3.47. The highest BCUT2D eigenvalue weighted by Crippen LogP contribution is 2.33. The molecule has 2 N–H and O–H groups in total. The SMILES string of the molecule is Cc1ccc(F)cc1Oc1nc(N)nc(C)c1[N+](=O)[O-]. The Morgan fingerprint density at radius 1 is 1.35 bits per heavy atom. The van der Waals surface area contributed by atoms with Crippen LogP contribution in [0.25, 0.3) is 0 Å².